The molecule has 1 aromatic rings. The molecule has 1 atom stereocenters. The van der Waals surface area contributed by atoms with Crippen LogP contribution in [0.25, 0.3) is 5.57 Å². The Morgan fingerprint density at radius 1 is 1.47 bits per heavy atom. The molecular formula is C17H22N2. The molecular weight excluding hydrogens is 232 g/mol. The summed E-state index contributed by atoms with van der Waals surface area (Å²) in [7, 11) is 0. The third-order valence-corrected chi connectivity index (χ3v) is 3.13. The van der Waals surface area contributed by atoms with Gasteiger partial charge in [0.1, 0.15) is 0 Å². The summed E-state index contributed by atoms with van der Waals surface area (Å²) in [5.41, 5.74) is 4.25. The first-order valence-electron chi connectivity index (χ1n) is 6.43. The Morgan fingerprint density at radius 2 is 2.21 bits per heavy atom. The van der Waals surface area contributed by atoms with Gasteiger partial charge in [0, 0.05) is 17.8 Å². The fraction of sp³-hybridized carbons (Fsp3) is 0.235. The third-order valence-electron chi connectivity index (χ3n) is 3.13. The molecule has 0 saturated heterocycles. The first-order chi connectivity index (χ1) is 9.13. The van der Waals surface area contributed by atoms with Crippen molar-refractivity contribution in [3.63, 3.8) is 0 Å². The average Bonchev–Trinajstić information content (AvgIpc) is 2.42. The van der Waals surface area contributed by atoms with Crippen LogP contribution < -0.4 is 5.32 Å². The van der Waals surface area contributed by atoms with Crippen molar-refractivity contribution >= 4 is 17.5 Å². The lowest BCUT2D eigenvalue weighted by Gasteiger charge is -2.17. The van der Waals surface area contributed by atoms with E-state index in [1.165, 1.54) is 11.8 Å². The fourth-order valence-electron chi connectivity index (χ4n) is 1.97. The molecule has 0 aromatic heterocycles. The van der Waals surface area contributed by atoms with Crippen LogP contribution in [0.2, 0.25) is 0 Å². The molecule has 0 amide bonds. The highest BCUT2D eigenvalue weighted by Crippen LogP contribution is 2.28. The summed E-state index contributed by atoms with van der Waals surface area (Å²) in [6.07, 6.45) is 8.02. The van der Waals surface area contributed by atoms with E-state index in [-0.39, 0.29) is 5.92 Å². The van der Waals surface area contributed by atoms with E-state index in [2.05, 4.69) is 43.6 Å². The minimum Gasteiger partial charge on any atom is -0.362 e. The Kier molecular flexibility index (Phi) is 5.80. The van der Waals surface area contributed by atoms with E-state index in [0.29, 0.717) is 0 Å². The van der Waals surface area contributed by atoms with Crippen molar-refractivity contribution in [3.8, 4) is 0 Å². The highest BCUT2D eigenvalue weighted by Gasteiger charge is 2.12. The Balaban J connectivity index is 3.05. The maximum Gasteiger partial charge on any atom is 0.0385 e. The molecule has 2 nitrogen and oxygen atoms in total. The number of hydrogen-bond acceptors (Lipinski definition) is 2. The molecule has 0 aliphatic rings. The van der Waals surface area contributed by atoms with Gasteiger partial charge in [-0.2, -0.15) is 0 Å². The van der Waals surface area contributed by atoms with Gasteiger partial charge in [0.15, 0.2) is 0 Å². The smallest absolute Gasteiger partial charge is 0.0385 e. The van der Waals surface area contributed by atoms with Gasteiger partial charge in [0.2, 0.25) is 0 Å². The molecule has 0 heterocycles. The van der Waals surface area contributed by atoms with Crippen LogP contribution in [0.3, 0.4) is 0 Å². The molecule has 2 N–H and O–H groups in total. The lowest BCUT2D eigenvalue weighted by atomic mass is 9.89. The van der Waals surface area contributed by atoms with E-state index in [1.54, 1.807) is 6.20 Å². The minimum absolute atomic E-state index is 0.0499. The summed E-state index contributed by atoms with van der Waals surface area (Å²) >= 11 is 0. The van der Waals surface area contributed by atoms with Gasteiger partial charge in [0.05, 0.1) is 0 Å². The van der Waals surface area contributed by atoms with E-state index in [9.17, 15) is 0 Å². The Hall–Kier alpha value is -2.09. The highest BCUT2D eigenvalue weighted by molar-refractivity contribution is 5.82. The molecule has 0 aliphatic heterocycles. The minimum atomic E-state index is 0.0499. The van der Waals surface area contributed by atoms with Gasteiger partial charge in [0.25, 0.3) is 0 Å². The summed E-state index contributed by atoms with van der Waals surface area (Å²) in [5.74, 6) is 0.0499. The predicted octanol–water partition coefficient (Wildman–Crippen LogP) is 4.80. The molecule has 2 heteroatoms. The van der Waals surface area contributed by atoms with Gasteiger partial charge >= 0.3 is 0 Å². The zero-order valence-corrected chi connectivity index (χ0v) is 11.7. The Morgan fingerprint density at radius 3 is 2.79 bits per heavy atom. The van der Waals surface area contributed by atoms with E-state index < -0.39 is 0 Å². The van der Waals surface area contributed by atoms with Crippen molar-refractivity contribution < 1.29 is 0 Å². The summed E-state index contributed by atoms with van der Waals surface area (Å²) < 4.78 is 0. The molecule has 0 fully saturated rings. The molecule has 1 aromatic carbocycles. The maximum absolute atomic E-state index is 7.57. The maximum atomic E-state index is 7.57. The number of rotatable bonds is 7. The van der Waals surface area contributed by atoms with E-state index in [4.69, 9.17) is 5.41 Å². The number of hydrogen-bond donors (Lipinski definition) is 2. The molecule has 19 heavy (non-hydrogen) atoms. The topological polar surface area (TPSA) is 35.9 Å². The monoisotopic (exact) mass is 254 g/mol. The molecule has 0 radical (unpaired) electrons. The van der Waals surface area contributed by atoms with Gasteiger partial charge < -0.3 is 10.7 Å². The van der Waals surface area contributed by atoms with Crippen LogP contribution in [0.5, 0.6) is 0 Å². The van der Waals surface area contributed by atoms with Crippen molar-refractivity contribution in [2.75, 3.05) is 5.32 Å². The van der Waals surface area contributed by atoms with Crippen LogP contribution in [-0.4, -0.2) is 6.21 Å². The quantitative estimate of drug-likeness (QED) is 0.532. The van der Waals surface area contributed by atoms with Gasteiger partial charge in [-0.05, 0) is 55.3 Å². The van der Waals surface area contributed by atoms with E-state index in [1.807, 2.05) is 19.1 Å². The van der Waals surface area contributed by atoms with Gasteiger partial charge in [-0.3, -0.25) is 0 Å². The fourth-order valence-corrected chi connectivity index (χ4v) is 1.97. The van der Waals surface area contributed by atoms with Crippen molar-refractivity contribution in [1.82, 2.24) is 0 Å². The SMILES string of the molecule is C=CNc1ccc(C)c(C(=C)C(C=N)C/C=C/C)c1. The van der Waals surface area contributed by atoms with Crippen LogP contribution in [-0.2, 0) is 0 Å². The van der Waals surface area contributed by atoms with Crippen LogP contribution in [0.1, 0.15) is 24.5 Å². The lowest BCUT2D eigenvalue weighted by molar-refractivity contribution is 0.914. The average molecular weight is 254 g/mol. The number of nitrogens with one attached hydrogen (secondary N) is 2. The molecule has 100 valence electrons. The number of anilines is 1. The predicted molar refractivity (Wildman–Crippen MR) is 85.7 cm³/mol. The molecule has 0 saturated carbocycles. The standard InChI is InChI=1S/C17H22N2/c1-5-7-8-15(12-18)14(4)17-11-16(19-6-2)10-9-13(17)3/h5-7,9-12,15,18-19H,2,4,8H2,1,3H3/b7-5+,18-12?. The largest absolute Gasteiger partial charge is 0.362 e. The van der Waals surface area contributed by atoms with Crippen molar-refractivity contribution in [2.24, 2.45) is 5.92 Å². The lowest BCUT2D eigenvalue weighted by Crippen LogP contribution is -2.04. The molecule has 0 aliphatic carbocycles. The van der Waals surface area contributed by atoms with Crippen molar-refractivity contribution in [1.29, 1.82) is 5.41 Å². The summed E-state index contributed by atoms with van der Waals surface area (Å²) in [6.45, 7) is 11.9. The second kappa shape index (κ2) is 7.37. The number of benzene rings is 1. The van der Waals surface area contributed by atoms with E-state index in [0.717, 1.165) is 23.2 Å². The molecule has 1 unspecified atom stereocenters. The zero-order chi connectivity index (χ0) is 14.3. The van der Waals surface area contributed by atoms with Crippen LogP contribution in [0.4, 0.5) is 5.69 Å². The summed E-state index contributed by atoms with van der Waals surface area (Å²) in [5, 5.41) is 10.7. The first-order valence-corrected chi connectivity index (χ1v) is 6.43. The number of aryl methyl sites for hydroxylation is 1. The van der Waals surface area contributed by atoms with E-state index >= 15 is 0 Å². The second-order valence-electron chi connectivity index (χ2n) is 4.48. The van der Waals surface area contributed by atoms with Gasteiger partial charge in [-0.1, -0.05) is 31.4 Å². The second-order valence-corrected chi connectivity index (χ2v) is 4.48. The first kappa shape index (κ1) is 15.0. The highest BCUT2D eigenvalue weighted by atomic mass is 14.8. The third kappa shape index (κ3) is 3.95. The van der Waals surface area contributed by atoms with Crippen LogP contribution in [0.15, 0.2) is 49.7 Å². The zero-order valence-electron chi connectivity index (χ0n) is 11.7. The number of allylic oxidation sites excluding steroid dienone is 3. The van der Waals surface area contributed by atoms with Gasteiger partial charge in [-0.15, -0.1) is 0 Å². The normalized spacial score (nSPS) is 12.1. The van der Waals surface area contributed by atoms with Crippen molar-refractivity contribution in [2.45, 2.75) is 20.3 Å². The Bertz CT molecular complexity index is 498. The van der Waals surface area contributed by atoms with Crippen molar-refractivity contribution in [3.05, 3.63) is 60.8 Å². The summed E-state index contributed by atoms with van der Waals surface area (Å²) in [4.78, 5) is 0. The summed E-state index contributed by atoms with van der Waals surface area (Å²) in [6, 6.07) is 6.13. The Labute approximate surface area is 116 Å². The van der Waals surface area contributed by atoms with Gasteiger partial charge in [-0.25, -0.2) is 0 Å². The molecule has 1 rings (SSSR count). The molecule has 0 bridgehead atoms. The molecule has 0 spiro atoms. The van der Waals surface area contributed by atoms with Crippen LogP contribution >= 0.6 is 0 Å². The van der Waals surface area contributed by atoms with Crippen LogP contribution in [0, 0.1) is 18.3 Å².